The minimum Gasteiger partial charge on any atom is -0.491 e. The third-order valence-electron chi connectivity index (χ3n) is 6.52. The van der Waals surface area contributed by atoms with Crippen molar-refractivity contribution in [3.63, 3.8) is 0 Å². The molecule has 11 heteroatoms. The summed E-state index contributed by atoms with van der Waals surface area (Å²) < 4.78 is 22.2. The van der Waals surface area contributed by atoms with Crippen LogP contribution in [0.2, 0.25) is 0 Å². The van der Waals surface area contributed by atoms with Crippen molar-refractivity contribution < 1.29 is 28.5 Å². The number of nitrogens with one attached hydrogen (secondary N) is 2. The van der Waals surface area contributed by atoms with Gasteiger partial charge in [-0.25, -0.2) is 9.78 Å². The number of pyridine rings is 2. The van der Waals surface area contributed by atoms with Gasteiger partial charge in [0.15, 0.2) is 6.61 Å². The Morgan fingerprint density at radius 1 is 1.17 bits per heavy atom. The average molecular weight is 492 g/mol. The molecule has 0 aliphatic carbocycles. The Morgan fingerprint density at radius 3 is 2.97 bits per heavy atom. The van der Waals surface area contributed by atoms with Crippen LogP contribution in [-0.4, -0.2) is 68.0 Å². The Labute approximate surface area is 206 Å². The number of carbonyl (C=O) groups excluding carboxylic acids is 2. The standard InChI is InChI=1S/C25H25N5O6/c1-33-23-5-3-18-24(29-23)17-6-14(12-34-21(17)10-27-18)8-26-9-16-11-30(25(32)36-16)15-2-4-20-19(7-15)28-22(31)13-35-20/h2-5,7,10,14,16,26H,6,8-9,11-13H2,1H3,(H,28,31)/t14?,16-/m1/s1. The first-order valence-electron chi connectivity index (χ1n) is 11.8. The molecule has 0 radical (unpaired) electrons. The fourth-order valence-electron chi connectivity index (χ4n) is 4.73. The molecule has 1 fully saturated rings. The lowest BCUT2D eigenvalue weighted by Gasteiger charge is -2.26. The number of carbonyl (C=O) groups is 2. The third kappa shape index (κ3) is 4.22. The number of nitrogens with zero attached hydrogens (tertiary/aromatic N) is 3. The average Bonchev–Trinajstić information content (AvgIpc) is 3.27. The van der Waals surface area contributed by atoms with Crippen molar-refractivity contribution in [1.82, 2.24) is 15.3 Å². The quantitative estimate of drug-likeness (QED) is 0.534. The van der Waals surface area contributed by atoms with E-state index in [9.17, 15) is 9.59 Å². The summed E-state index contributed by atoms with van der Waals surface area (Å²) in [7, 11) is 1.59. The Balaban J connectivity index is 1.06. The van der Waals surface area contributed by atoms with E-state index in [1.165, 1.54) is 0 Å². The molecule has 11 nitrogen and oxygen atoms in total. The highest BCUT2D eigenvalue weighted by atomic mass is 16.6. The van der Waals surface area contributed by atoms with Crippen LogP contribution < -0.4 is 29.7 Å². The van der Waals surface area contributed by atoms with Gasteiger partial charge in [0.1, 0.15) is 17.6 Å². The van der Waals surface area contributed by atoms with E-state index >= 15 is 0 Å². The summed E-state index contributed by atoms with van der Waals surface area (Å²) in [4.78, 5) is 34.7. The van der Waals surface area contributed by atoms with E-state index < -0.39 is 6.09 Å². The van der Waals surface area contributed by atoms with Crippen LogP contribution in [0.15, 0.2) is 36.5 Å². The summed E-state index contributed by atoms with van der Waals surface area (Å²) >= 11 is 0. The van der Waals surface area contributed by atoms with Gasteiger partial charge in [-0.3, -0.25) is 14.7 Å². The van der Waals surface area contributed by atoms with E-state index in [0.717, 1.165) is 28.8 Å². The largest absolute Gasteiger partial charge is 0.491 e. The number of anilines is 2. The lowest BCUT2D eigenvalue weighted by Crippen LogP contribution is -2.37. The second-order valence-corrected chi connectivity index (χ2v) is 9.00. The van der Waals surface area contributed by atoms with Gasteiger partial charge in [-0.15, -0.1) is 0 Å². The first-order valence-corrected chi connectivity index (χ1v) is 11.8. The maximum absolute atomic E-state index is 12.5. The molecular formula is C25H25N5O6. The second kappa shape index (κ2) is 9.15. The Bertz CT molecular complexity index is 1340. The van der Waals surface area contributed by atoms with Crippen LogP contribution in [-0.2, 0) is 16.0 Å². The van der Waals surface area contributed by atoms with Crippen molar-refractivity contribution in [1.29, 1.82) is 0 Å². The van der Waals surface area contributed by atoms with Gasteiger partial charge in [0, 0.05) is 36.3 Å². The van der Waals surface area contributed by atoms with Crippen LogP contribution in [0.3, 0.4) is 0 Å². The van der Waals surface area contributed by atoms with E-state index in [1.54, 1.807) is 42.5 Å². The number of amides is 2. The van der Waals surface area contributed by atoms with Crippen molar-refractivity contribution in [2.24, 2.45) is 5.92 Å². The number of hydrogen-bond acceptors (Lipinski definition) is 9. The summed E-state index contributed by atoms with van der Waals surface area (Å²) in [5, 5.41) is 6.19. The van der Waals surface area contributed by atoms with Crippen LogP contribution in [0.5, 0.6) is 17.4 Å². The van der Waals surface area contributed by atoms with Crippen LogP contribution >= 0.6 is 0 Å². The monoisotopic (exact) mass is 491 g/mol. The predicted octanol–water partition coefficient (Wildman–Crippen LogP) is 2.14. The number of hydrogen-bond donors (Lipinski definition) is 2. The summed E-state index contributed by atoms with van der Waals surface area (Å²) in [6, 6.07) is 8.94. The van der Waals surface area contributed by atoms with Gasteiger partial charge in [0.05, 0.1) is 43.2 Å². The smallest absolute Gasteiger partial charge is 0.414 e. The molecular weight excluding hydrogens is 466 g/mol. The van der Waals surface area contributed by atoms with Gasteiger partial charge < -0.3 is 29.6 Å². The van der Waals surface area contributed by atoms with Gasteiger partial charge >= 0.3 is 6.09 Å². The van der Waals surface area contributed by atoms with Crippen molar-refractivity contribution in [3.05, 3.63) is 42.1 Å². The van der Waals surface area contributed by atoms with Gasteiger partial charge in [-0.05, 0) is 30.7 Å². The Hall–Kier alpha value is -4.12. The predicted molar refractivity (Wildman–Crippen MR) is 130 cm³/mol. The first-order chi connectivity index (χ1) is 17.6. The minimum atomic E-state index is -0.418. The zero-order valence-corrected chi connectivity index (χ0v) is 19.7. The summed E-state index contributed by atoms with van der Waals surface area (Å²) in [5.74, 6) is 1.89. The fourth-order valence-corrected chi connectivity index (χ4v) is 4.73. The zero-order valence-electron chi connectivity index (χ0n) is 19.7. The van der Waals surface area contributed by atoms with E-state index in [-0.39, 0.29) is 24.5 Å². The topological polar surface area (TPSA) is 124 Å². The third-order valence-corrected chi connectivity index (χ3v) is 6.52. The molecule has 2 N–H and O–H groups in total. The second-order valence-electron chi connectivity index (χ2n) is 9.00. The van der Waals surface area contributed by atoms with Crippen molar-refractivity contribution in [3.8, 4) is 17.4 Å². The number of benzene rings is 1. The fraction of sp³-hybridized carbons (Fsp3) is 0.360. The molecule has 2 amide bonds. The number of aromatic nitrogens is 2. The normalized spacial score (nSPS) is 20.6. The lowest BCUT2D eigenvalue weighted by molar-refractivity contribution is -0.118. The molecule has 1 aromatic carbocycles. The molecule has 0 bridgehead atoms. The summed E-state index contributed by atoms with van der Waals surface area (Å²) in [6.45, 7) is 2.17. The van der Waals surface area contributed by atoms with Crippen LogP contribution in [0.25, 0.3) is 11.0 Å². The Morgan fingerprint density at radius 2 is 2.08 bits per heavy atom. The number of fused-ring (bicyclic) bond motifs is 4. The molecule has 6 rings (SSSR count). The van der Waals surface area contributed by atoms with E-state index in [2.05, 4.69) is 20.6 Å². The van der Waals surface area contributed by atoms with Crippen LogP contribution in [0.4, 0.5) is 16.2 Å². The maximum Gasteiger partial charge on any atom is 0.414 e. The zero-order chi connectivity index (χ0) is 24.6. The minimum absolute atomic E-state index is 0.0126. The summed E-state index contributed by atoms with van der Waals surface area (Å²) in [5.41, 5.74) is 3.82. The molecule has 5 heterocycles. The molecule has 1 unspecified atom stereocenters. The molecule has 0 spiro atoms. The van der Waals surface area contributed by atoms with E-state index in [4.69, 9.17) is 18.9 Å². The van der Waals surface area contributed by atoms with Crippen LogP contribution in [0, 0.1) is 5.92 Å². The molecule has 3 aliphatic heterocycles. The number of rotatable bonds is 6. The molecule has 36 heavy (non-hydrogen) atoms. The van der Waals surface area contributed by atoms with Gasteiger partial charge in [-0.2, -0.15) is 0 Å². The van der Waals surface area contributed by atoms with E-state index in [0.29, 0.717) is 49.2 Å². The number of ether oxygens (including phenoxy) is 4. The molecule has 3 aliphatic rings. The summed E-state index contributed by atoms with van der Waals surface area (Å²) in [6.07, 6.45) is 1.83. The molecule has 186 valence electrons. The number of cyclic esters (lactones) is 1. The maximum atomic E-state index is 12.5. The number of methoxy groups -OCH3 is 1. The highest BCUT2D eigenvalue weighted by molar-refractivity contribution is 5.97. The molecule has 2 atom stereocenters. The van der Waals surface area contributed by atoms with Gasteiger partial charge in [0.25, 0.3) is 5.91 Å². The van der Waals surface area contributed by atoms with Crippen molar-refractivity contribution >= 4 is 34.4 Å². The van der Waals surface area contributed by atoms with Crippen molar-refractivity contribution in [2.75, 3.05) is 50.2 Å². The molecule has 0 saturated carbocycles. The first kappa shape index (κ1) is 22.4. The van der Waals surface area contributed by atoms with E-state index in [1.807, 2.05) is 6.07 Å². The molecule has 1 saturated heterocycles. The van der Waals surface area contributed by atoms with Crippen LogP contribution in [0.1, 0.15) is 5.56 Å². The molecule has 2 aromatic heterocycles. The van der Waals surface area contributed by atoms with Gasteiger partial charge in [-0.1, -0.05) is 0 Å². The highest BCUT2D eigenvalue weighted by Gasteiger charge is 2.33. The lowest BCUT2D eigenvalue weighted by atomic mass is 9.96. The SMILES string of the molecule is COc1ccc2ncc3c(c2n1)CC(CNC[C@@H]1CN(c2ccc4c(c2)NC(=O)CO4)C(=O)O1)CO3. The van der Waals surface area contributed by atoms with Crippen molar-refractivity contribution in [2.45, 2.75) is 12.5 Å². The molecule has 3 aromatic rings. The highest BCUT2D eigenvalue weighted by Crippen LogP contribution is 2.34. The Kier molecular flexibility index (Phi) is 5.68. The van der Waals surface area contributed by atoms with Gasteiger partial charge in [0.2, 0.25) is 5.88 Å².